The molecular weight excluding hydrogens is 232 g/mol. The van der Waals surface area contributed by atoms with Crippen LogP contribution in [0.1, 0.15) is 0 Å². The maximum absolute atomic E-state index is 5.65. The van der Waals surface area contributed by atoms with E-state index >= 15 is 0 Å². The fourth-order valence-corrected chi connectivity index (χ4v) is 2.37. The van der Waals surface area contributed by atoms with Crippen molar-refractivity contribution < 1.29 is 0 Å². The van der Waals surface area contributed by atoms with Crippen LogP contribution in [0, 0.1) is 0 Å². The minimum atomic E-state index is 0.570. The molecule has 0 aliphatic heterocycles. The molecule has 0 radical (unpaired) electrons. The molecule has 2 heterocycles. The van der Waals surface area contributed by atoms with E-state index in [1.165, 1.54) is 11.3 Å². The molecule has 0 saturated carbocycles. The molecule has 0 atom stereocenters. The lowest BCUT2D eigenvalue weighted by Gasteiger charge is -2.04. The summed E-state index contributed by atoms with van der Waals surface area (Å²) in [5, 5.41) is 4.90. The quantitative estimate of drug-likeness (QED) is 0.751. The number of anilines is 1. The summed E-state index contributed by atoms with van der Waals surface area (Å²) in [6, 6.07) is 11.9. The van der Waals surface area contributed by atoms with Crippen LogP contribution < -0.4 is 5.73 Å². The number of hydrogen-bond acceptors (Lipinski definition) is 4. The molecule has 0 aliphatic carbocycles. The number of thiazole rings is 1. The molecule has 2 aromatic heterocycles. The first kappa shape index (κ1) is 10.0. The maximum Gasteiger partial charge on any atom is 0.180 e. The van der Waals surface area contributed by atoms with Crippen molar-refractivity contribution in [1.29, 1.82) is 0 Å². The lowest BCUT2D eigenvalue weighted by molar-refractivity contribution is 0.889. The van der Waals surface area contributed by atoms with Crippen molar-refractivity contribution in [3.05, 3.63) is 48.8 Å². The molecule has 0 bridgehead atoms. The topological polar surface area (TPSA) is 56.7 Å². The van der Waals surface area contributed by atoms with E-state index < -0.39 is 0 Å². The van der Waals surface area contributed by atoms with Crippen molar-refractivity contribution in [1.82, 2.24) is 14.8 Å². The first-order chi connectivity index (χ1) is 8.34. The van der Waals surface area contributed by atoms with Crippen molar-refractivity contribution >= 4 is 16.5 Å². The average molecular weight is 242 g/mol. The lowest BCUT2D eigenvalue weighted by atomic mass is 10.3. The summed E-state index contributed by atoms with van der Waals surface area (Å²) in [5.74, 6) is 0. The maximum atomic E-state index is 5.65. The van der Waals surface area contributed by atoms with Crippen molar-refractivity contribution in [3.63, 3.8) is 0 Å². The zero-order valence-corrected chi connectivity index (χ0v) is 9.76. The standard InChI is InChI=1S/C12H10N4S/c13-12-14-8-11(17-12)10-6-7-15-16(10)9-4-2-1-3-5-9/h1-8H,(H2,13,14). The van der Waals surface area contributed by atoms with E-state index in [9.17, 15) is 0 Å². The highest BCUT2D eigenvalue weighted by atomic mass is 32.1. The van der Waals surface area contributed by atoms with Crippen LogP contribution in [0.5, 0.6) is 0 Å². The van der Waals surface area contributed by atoms with Crippen LogP contribution in [-0.4, -0.2) is 14.8 Å². The summed E-state index contributed by atoms with van der Waals surface area (Å²) in [7, 11) is 0. The van der Waals surface area contributed by atoms with Gasteiger partial charge in [-0.15, -0.1) is 0 Å². The molecular formula is C12H10N4S. The summed E-state index contributed by atoms with van der Waals surface area (Å²) in [6.07, 6.45) is 3.55. The molecule has 0 amide bonds. The Morgan fingerprint density at radius 2 is 1.94 bits per heavy atom. The Morgan fingerprint density at radius 3 is 2.65 bits per heavy atom. The van der Waals surface area contributed by atoms with E-state index in [4.69, 9.17) is 5.73 Å². The van der Waals surface area contributed by atoms with Gasteiger partial charge in [0.1, 0.15) is 0 Å². The first-order valence-electron chi connectivity index (χ1n) is 5.16. The van der Waals surface area contributed by atoms with E-state index in [-0.39, 0.29) is 0 Å². The van der Waals surface area contributed by atoms with Gasteiger partial charge < -0.3 is 5.73 Å². The van der Waals surface area contributed by atoms with Gasteiger partial charge in [0.25, 0.3) is 0 Å². The Hall–Kier alpha value is -2.14. The number of nitrogens with zero attached hydrogens (tertiary/aromatic N) is 3. The predicted octanol–water partition coefficient (Wildman–Crippen LogP) is 2.58. The fourth-order valence-electron chi connectivity index (χ4n) is 1.67. The minimum Gasteiger partial charge on any atom is -0.375 e. The SMILES string of the molecule is Nc1ncc(-c2ccnn2-c2ccccc2)s1. The summed E-state index contributed by atoms with van der Waals surface area (Å²) >= 11 is 1.46. The van der Waals surface area contributed by atoms with Crippen LogP contribution in [0.3, 0.4) is 0 Å². The Morgan fingerprint density at radius 1 is 1.12 bits per heavy atom. The second kappa shape index (κ2) is 4.03. The number of rotatable bonds is 2. The number of hydrogen-bond donors (Lipinski definition) is 1. The van der Waals surface area contributed by atoms with Crippen LogP contribution in [-0.2, 0) is 0 Å². The first-order valence-corrected chi connectivity index (χ1v) is 5.97. The molecule has 17 heavy (non-hydrogen) atoms. The van der Waals surface area contributed by atoms with Crippen molar-refractivity contribution in [2.24, 2.45) is 0 Å². The largest absolute Gasteiger partial charge is 0.375 e. The normalized spacial score (nSPS) is 10.6. The van der Waals surface area contributed by atoms with Crippen LogP contribution in [0.4, 0.5) is 5.13 Å². The van der Waals surface area contributed by atoms with Gasteiger partial charge in [0.15, 0.2) is 5.13 Å². The van der Waals surface area contributed by atoms with E-state index in [0.717, 1.165) is 16.3 Å². The molecule has 3 aromatic rings. The number of nitrogen functional groups attached to an aromatic ring is 1. The Balaban J connectivity index is 2.12. The summed E-state index contributed by atoms with van der Waals surface area (Å²) in [5.41, 5.74) is 7.68. The van der Waals surface area contributed by atoms with E-state index in [0.29, 0.717) is 5.13 Å². The smallest absolute Gasteiger partial charge is 0.180 e. The van der Waals surface area contributed by atoms with Gasteiger partial charge in [0.05, 0.1) is 22.5 Å². The number of benzene rings is 1. The Bertz CT molecular complexity index is 627. The zero-order chi connectivity index (χ0) is 11.7. The molecule has 0 saturated heterocycles. The van der Waals surface area contributed by atoms with Crippen LogP contribution >= 0.6 is 11.3 Å². The van der Waals surface area contributed by atoms with Crippen LogP contribution in [0.15, 0.2) is 48.8 Å². The molecule has 1 aromatic carbocycles. The highest BCUT2D eigenvalue weighted by Crippen LogP contribution is 2.28. The Kier molecular flexibility index (Phi) is 2.38. The number of para-hydroxylation sites is 1. The van der Waals surface area contributed by atoms with E-state index in [2.05, 4.69) is 10.1 Å². The number of nitrogens with two attached hydrogens (primary N) is 1. The van der Waals surface area contributed by atoms with Gasteiger partial charge in [-0.1, -0.05) is 29.5 Å². The molecule has 84 valence electrons. The third kappa shape index (κ3) is 1.81. The van der Waals surface area contributed by atoms with Crippen molar-refractivity contribution in [2.75, 3.05) is 5.73 Å². The van der Waals surface area contributed by atoms with E-state index in [1.54, 1.807) is 12.4 Å². The van der Waals surface area contributed by atoms with Crippen molar-refractivity contribution in [2.45, 2.75) is 0 Å². The highest BCUT2D eigenvalue weighted by Gasteiger charge is 2.09. The molecule has 0 aliphatic rings. The monoisotopic (exact) mass is 242 g/mol. The van der Waals surface area contributed by atoms with Crippen LogP contribution in [0.2, 0.25) is 0 Å². The second-order valence-electron chi connectivity index (χ2n) is 3.53. The fraction of sp³-hybridized carbons (Fsp3) is 0. The third-order valence-electron chi connectivity index (χ3n) is 2.42. The molecule has 0 spiro atoms. The Labute approximate surface area is 102 Å². The molecule has 4 nitrogen and oxygen atoms in total. The highest BCUT2D eigenvalue weighted by molar-refractivity contribution is 7.18. The third-order valence-corrected chi connectivity index (χ3v) is 3.27. The minimum absolute atomic E-state index is 0.570. The van der Waals surface area contributed by atoms with E-state index in [1.807, 2.05) is 41.1 Å². The second-order valence-corrected chi connectivity index (χ2v) is 4.59. The summed E-state index contributed by atoms with van der Waals surface area (Å²) < 4.78 is 1.88. The van der Waals surface area contributed by atoms with Gasteiger partial charge in [-0.25, -0.2) is 9.67 Å². The molecule has 2 N–H and O–H groups in total. The molecule has 3 rings (SSSR count). The van der Waals surface area contributed by atoms with Gasteiger partial charge in [-0.05, 0) is 18.2 Å². The van der Waals surface area contributed by atoms with Crippen LogP contribution in [0.25, 0.3) is 16.3 Å². The van der Waals surface area contributed by atoms with Gasteiger partial charge in [-0.3, -0.25) is 0 Å². The number of aromatic nitrogens is 3. The lowest BCUT2D eigenvalue weighted by Crippen LogP contribution is -1.97. The molecule has 0 unspecified atom stereocenters. The van der Waals surface area contributed by atoms with Gasteiger partial charge in [0, 0.05) is 6.20 Å². The zero-order valence-electron chi connectivity index (χ0n) is 8.95. The van der Waals surface area contributed by atoms with Gasteiger partial charge in [-0.2, -0.15) is 5.10 Å². The van der Waals surface area contributed by atoms with Crippen molar-refractivity contribution in [3.8, 4) is 16.3 Å². The van der Waals surface area contributed by atoms with Gasteiger partial charge in [0.2, 0.25) is 0 Å². The summed E-state index contributed by atoms with van der Waals surface area (Å²) in [4.78, 5) is 5.08. The predicted molar refractivity (Wildman–Crippen MR) is 69.1 cm³/mol. The average Bonchev–Trinajstić information content (AvgIpc) is 2.98. The van der Waals surface area contributed by atoms with Gasteiger partial charge >= 0.3 is 0 Å². The summed E-state index contributed by atoms with van der Waals surface area (Å²) in [6.45, 7) is 0. The molecule has 0 fully saturated rings. The molecule has 5 heteroatoms.